The van der Waals surface area contributed by atoms with Crippen LogP contribution in [0.3, 0.4) is 0 Å². The van der Waals surface area contributed by atoms with Crippen LogP contribution in [0.15, 0.2) is 42.0 Å². The predicted octanol–water partition coefficient (Wildman–Crippen LogP) is 3.62. The van der Waals surface area contributed by atoms with E-state index in [2.05, 4.69) is 13.0 Å². The summed E-state index contributed by atoms with van der Waals surface area (Å²) >= 11 is 0. The quantitative estimate of drug-likeness (QED) is 0.540. The average molecular weight is 212 g/mol. The van der Waals surface area contributed by atoms with E-state index in [-0.39, 0.29) is 5.41 Å². The van der Waals surface area contributed by atoms with Crippen LogP contribution < -0.4 is 0 Å². The molecule has 2 unspecified atom stereocenters. The first-order chi connectivity index (χ1) is 7.72. The summed E-state index contributed by atoms with van der Waals surface area (Å²) in [6, 6.07) is 9.74. The van der Waals surface area contributed by atoms with E-state index in [9.17, 15) is 4.79 Å². The summed E-state index contributed by atoms with van der Waals surface area (Å²) in [5.41, 5.74) is 2.03. The minimum atomic E-state index is -0.147. The second-order valence-corrected chi connectivity index (χ2v) is 5.13. The summed E-state index contributed by atoms with van der Waals surface area (Å²) in [6.45, 7) is 2.12. The summed E-state index contributed by atoms with van der Waals surface area (Å²) in [6.07, 6.45) is 5.60. The van der Waals surface area contributed by atoms with Crippen LogP contribution in [0.2, 0.25) is 0 Å². The van der Waals surface area contributed by atoms with Crippen LogP contribution in [-0.4, -0.2) is 5.78 Å². The van der Waals surface area contributed by atoms with Crippen molar-refractivity contribution in [2.45, 2.75) is 26.2 Å². The molecule has 1 fully saturated rings. The second-order valence-electron chi connectivity index (χ2n) is 5.13. The van der Waals surface area contributed by atoms with Crippen molar-refractivity contribution in [3.8, 4) is 0 Å². The van der Waals surface area contributed by atoms with Crippen molar-refractivity contribution in [1.82, 2.24) is 0 Å². The molecular formula is C15H16O. The van der Waals surface area contributed by atoms with Crippen molar-refractivity contribution >= 4 is 5.78 Å². The number of carbonyl (C=O) groups excluding carboxylic acids is 1. The number of benzene rings is 1. The summed E-state index contributed by atoms with van der Waals surface area (Å²) < 4.78 is 0. The predicted molar refractivity (Wildman–Crippen MR) is 64.3 cm³/mol. The molecule has 82 valence electrons. The number of Topliss-reactive ketones (excluding diaryl/α,β-unsaturated/α-hetero) is 1. The first-order valence-corrected chi connectivity index (χ1v) is 6.01. The van der Waals surface area contributed by atoms with Crippen LogP contribution in [-0.2, 0) is 0 Å². The lowest BCUT2D eigenvalue weighted by Gasteiger charge is -2.26. The molecule has 1 nitrogen and oxygen atoms in total. The Kier molecular flexibility index (Phi) is 2.03. The van der Waals surface area contributed by atoms with E-state index in [4.69, 9.17) is 0 Å². The summed E-state index contributed by atoms with van der Waals surface area (Å²) in [7, 11) is 0. The number of rotatable bonds is 2. The first kappa shape index (κ1) is 9.83. The van der Waals surface area contributed by atoms with Gasteiger partial charge in [-0.3, -0.25) is 4.79 Å². The van der Waals surface area contributed by atoms with Gasteiger partial charge >= 0.3 is 0 Å². The molecule has 16 heavy (non-hydrogen) atoms. The van der Waals surface area contributed by atoms with Crippen LogP contribution in [0.1, 0.15) is 36.5 Å². The van der Waals surface area contributed by atoms with Gasteiger partial charge in [0.25, 0.3) is 0 Å². The van der Waals surface area contributed by atoms with Gasteiger partial charge in [0.2, 0.25) is 0 Å². The van der Waals surface area contributed by atoms with Crippen LogP contribution in [0.25, 0.3) is 0 Å². The molecule has 0 saturated heterocycles. The topological polar surface area (TPSA) is 17.1 Å². The van der Waals surface area contributed by atoms with Crippen molar-refractivity contribution in [1.29, 1.82) is 0 Å². The van der Waals surface area contributed by atoms with Crippen LogP contribution in [0.5, 0.6) is 0 Å². The van der Waals surface area contributed by atoms with Crippen LogP contribution in [0.4, 0.5) is 0 Å². The van der Waals surface area contributed by atoms with E-state index >= 15 is 0 Å². The van der Waals surface area contributed by atoms with Crippen LogP contribution >= 0.6 is 0 Å². The maximum Gasteiger partial charge on any atom is 0.173 e. The highest BCUT2D eigenvalue weighted by atomic mass is 16.1. The molecule has 2 aliphatic carbocycles. The molecule has 1 heteroatoms. The maximum atomic E-state index is 12.6. The molecule has 1 aromatic rings. The molecule has 1 aromatic carbocycles. The van der Waals surface area contributed by atoms with Crippen molar-refractivity contribution in [3.63, 3.8) is 0 Å². The van der Waals surface area contributed by atoms with Gasteiger partial charge in [0, 0.05) is 5.56 Å². The molecule has 0 radical (unpaired) electrons. The Bertz CT molecular complexity index is 458. The highest BCUT2D eigenvalue weighted by Gasteiger charge is 2.49. The van der Waals surface area contributed by atoms with Gasteiger partial charge in [-0.05, 0) is 32.1 Å². The number of carbonyl (C=O) groups is 1. The summed E-state index contributed by atoms with van der Waals surface area (Å²) in [5.74, 6) is 0.995. The Labute approximate surface area is 96.2 Å². The van der Waals surface area contributed by atoms with E-state index in [1.807, 2.05) is 30.3 Å². The normalized spacial score (nSPS) is 31.6. The largest absolute Gasteiger partial charge is 0.293 e. The number of hydrogen-bond donors (Lipinski definition) is 0. The smallest absolute Gasteiger partial charge is 0.173 e. The number of hydrogen-bond acceptors (Lipinski definition) is 1. The van der Waals surface area contributed by atoms with Crippen molar-refractivity contribution < 1.29 is 4.79 Å². The number of ketones is 1. The zero-order chi connectivity index (χ0) is 11.2. The van der Waals surface area contributed by atoms with E-state index in [1.54, 1.807) is 0 Å². The van der Waals surface area contributed by atoms with Gasteiger partial charge in [0.05, 0.1) is 5.41 Å². The van der Waals surface area contributed by atoms with E-state index < -0.39 is 0 Å². The van der Waals surface area contributed by atoms with Gasteiger partial charge in [-0.1, -0.05) is 42.0 Å². The molecular weight excluding hydrogens is 196 g/mol. The minimum absolute atomic E-state index is 0.147. The zero-order valence-corrected chi connectivity index (χ0v) is 9.57. The minimum Gasteiger partial charge on any atom is -0.293 e. The lowest BCUT2D eigenvalue weighted by atomic mass is 9.75. The third-order valence-corrected chi connectivity index (χ3v) is 4.26. The highest BCUT2D eigenvalue weighted by molar-refractivity contribution is 6.03. The zero-order valence-electron chi connectivity index (χ0n) is 9.57. The van der Waals surface area contributed by atoms with Crippen molar-refractivity contribution in [2.75, 3.05) is 0 Å². The maximum absolute atomic E-state index is 12.6. The third-order valence-electron chi connectivity index (χ3n) is 4.26. The lowest BCUT2D eigenvalue weighted by molar-refractivity contribution is 0.0849. The fourth-order valence-corrected chi connectivity index (χ4v) is 3.35. The second kappa shape index (κ2) is 3.31. The molecule has 0 spiro atoms. The number of allylic oxidation sites excluding steroid dienone is 2. The van der Waals surface area contributed by atoms with Crippen molar-refractivity contribution in [3.05, 3.63) is 47.5 Å². The van der Waals surface area contributed by atoms with Crippen LogP contribution in [0, 0.1) is 11.3 Å². The average Bonchev–Trinajstić information content (AvgIpc) is 2.87. The molecule has 0 heterocycles. The molecule has 1 saturated carbocycles. The lowest BCUT2D eigenvalue weighted by Crippen LogP contribution is -2.28. The molecule has 2 atom stereocenters. The Hall–Kier alpha value is -1.37. The first-order valence-electron chi connectivity index (χ1n) is 6.01. The van der Waals surface area contributed by atoms with E-state index in [0.29, 0.717) is 11.7 Å². The van der Waals surface area contributed by atoms with E-state index in [1.165, 1.54) is 12.0 Å². The van der Waals surface area contributed by atoms with Crippen molar-refractivity contribution in [2.24, 2.45) is 11.3 Å². The van der Waals surface area contributed by atoms with Gasteiger partial charge in [-0.25, -0.2) is 0 Å². The van der Waals surface area contributed by atoms with Gasteiger partial charge in [-0.15, -0.1) is 0 Å². The Balaban J connectivity index is 2.00. The molecule has 2 aliphatic rings. The highest BCUT2D eigenvalue weighted by Crippen LogP contribution is 2.55. The Morgan fingerprint density at radius 3 is 2.62 bits per heavy atom. The van der Waals surface area contributed by atoms with E-state index in [0.717, 1.165) is 18.4 Å². The fourth-order valence-electron chi connectivity index (χ4n) is 3.35. The molecule has 0 amide bonds. The third kappa shape index (κ3) is 1.21. The van der Waals surface area contributed by atoms with Gasteiger partial charge in [-0.2, -0.15) is 0 Å². The molecule has 3 rings (SSSR count). The van der Waals surface area contributed by atoms with Gasteiger partial charge < -0.3 is 0 Å². The standard InChI is InChI=1S/C15H16O/c1-11-9-12-7-8-15(11,10-12)14(16)13-5-3-2-4-6-13/h2-6,9,12H,7-8,10H2,1H3. The summed E-state index contributed by atoms with van der Waals surface area (Å²) in [4.78, 5) is 12.6. The summed E-state index contributed by atoms with van der Waals surface area (Å²) in [5, 5.41) is 0. The Morgan fingerprint density at radius 2 is 2.06 bits per heavy atom. The fraction of sp³-hybridized carbons (Fsp3) is 0.400. The van der Waals surface area contributed by atoms with Gasteiger partial charge in [0.15, 0.2) is 5.78 Å². The Morgan fingerprint density at radius 1 is 1.31 bits per heavy atom. The molecule has 0 N–H and O–H groups in total. The van der Waals surface area contributed by atoms with Gasteiger partial charge in [0.1, 0.15) is 0 Å². The molecule has 2 bridgehead atoms. The monoisotopic (exact) mass is 212 g/mol. The molecule has 0 aliphatic heterocycles. The molecule has 0 aromatic heterocycles. The number of fused-ring (bicyclic) bond motifs is 2. The SMILES string of the molecule is CC1=CC2CCC1(C(=O)c1ccccc1)C2.